The number of rotatable bonds is 4. The average molecular weight is 330 g/mol. The van der Waals surface area contributed by atoms with Crippen LogP contribution in [0.4, 0.5) is 8.78 Å². The van der Waals surface area contributed by atoms with Crippen LogP contribution < -0.4 is 5.32 Å². The van der Waals surface area contributed by atoms with Gasteiger partial charge in [-0.3, -0.25) is 0 Å². The van der Waals surface area contributed by atoms with Crippen molar-refractivity contribution in [2.45, 2.75) is 19.4 Å². The predicted molar refractivity (Wildman–Crippen MR) is 73.0 cm³/mol. The summed E-state index contributed by atoms with van der Waals surface area (Å²) >= 11 is 2.96. The topological polar surface area (TPSA) is 25.2 Å². The lowest BCUT2D eigenvalue weighted by Crippen LogP contribution is -2.18. The monoisotopic (exact) mass is 329 g/mol. The molecule has 2 aromatic rings. The van der Waals surface area contributed by atoms with E-state index >= 15 is 0 Å². The summed E-state index contributed by atoms with van der Waals surface area (Å²) in [7, 11) is 1.68. The molecule has 0 radical (unpaired) electrons. The summed E-state index contributed by atoms with van der Waals surface area (Å²) in [5, 5.41) is 2.94. The van der Waals surface area contributed by atoms with E-state index in [1.54, 1.807) is 13.1 Å². The van der Waals surface area contributed by atoms with Crippen LogP contribution in [0.5, 0.6) is 0 Å². The molecule has 0 aliphatic carbocycles. The second-order valence-corrected chi connectivity index (χ2v) is 5.02. The number of nitrogens with one attached hydrogen (secondary N) is 1. The highest BCUT2D eigenvalue weighted by Gasteiger charge is 2.21. The van der Waals surface area contributed by atoms with Crippen molar-refractivity contribution in [2.75, 3.05) is 7.05 Å². The minimum Gasteiger partial charge on any atom is -0.464 e. The second kappa shape index (κ2) is 5.84. The Morgan fingerprint density at radius 3 is 2.58 bits per heavy atom. The van der Waals surface area contributed by atoms with E-state index < -0.39 is 17.7 Å². The van der Waals surface area contributed by atoms with Gasteiger partial charge >= 0.3 is 0 Å². The third-order valence-corrected chi connectivity index (χ3v) is 3.56. The fourth-order valence-electron chi connectivity index (χ4n) is 1.95. The van der Waals surface area contributed by atoms with Crippen molar-refractivity contribution in [3.63, 3.8) is 0 Å². The van der Waals surface area contributed by atoms with Gasteiger partial charge in [-0.1, -0.05) is 6.92 Å². The molecule has 1 N–H and O–H groups in total. The molecular formula is C14H14BrF2NO. The molecule has 2 nitrogen and oxygen atoms in total. The fraction of sp³-hybridized carbons (Fsp3) is 0.286. The first-order valence-electron chi connectivity index (χ1n) is 5.97. The van der Waals surface area contributed by atoms with Gasteiger partial charge in [-0.05, 0) is 47.2 Å². The number of benzene rings is 1. The van der Waals surface area contributed by atoms with E-state index in [1.807, 2.05) is 13.0 Å². The molecule has 0 saturated heterocycles. The van der Waals surface area contributed by atoms with E-state index in [9.17, 15) is 8.78 Å². The first-order chi connectivity index (χ1) is 9.06. The van der Waals surface area contributed by atoms with Crippen molar-refractivity contribution in [3.8, 4) is 0 Å². The maximum Gasteiger partial charge on any atom is 0.137 e. The Balaban J connectivity index is 2.44. The van der Waals surface area contributed by atoms with E-state index in [-0.39, 0.29) is 10.0 Å². The van der Waals surface area contributed by atoms with Crippen LogP contribution in [-0.2, 0) is 6.42 Å². The molecule has 1 aromatic carbocycles. The molecule has 0 aliphatic heterocycles. The van der Waals surface area contributed by atoms with Gasteiger partial charge < -0.3 is 9.73 Å². The molecule has 1 unspecified atom stereocenters. The highest BCUT2D eigenvalue weighted by atomic mass is 79.9. The lowest BCUT2D eigenvalue weighted by Gasteiger charge is -2.15. The third-order valence-electron chi connectivity index (χ3n) is 2.95. The quantitative estimate of drug-likeness (QED) is 0.851. The molecule has 0 amide bonds. The van der Waals surface area contributed by atoms with Gasteiger partial charge in [-0.15, -0.1) is 0 Å². The molecule has 2 rings (SSSR count). The summed E-state index contributed by atoms with van der Waals surface area (Å²) in [6.07, 6.45) is 0.758. The van der Waals surface area contributed by atoms with E-state index in [1.165, 1.54) is 6.07 Å². The van der Waals surface area contributed by atoms with Crippen LogP contribution in [0.15, 0.2) is 33.2 Å². The van der Waals surface area contributed by atoms with Gasteiger partial charge in [0, 0.05) is 12.0 Å². The van der Waals surface area contributed by atoms with Crippen LogP contribution in [0.1, 0.15) is 30.0 Å². The van der Waals surface area contributed by atoms with Gasteiger partial charge in [0.15, 0.2) is 0 Å². The lowest BCUT2D eigenvalue weighted by molar-refractivity contribution is 0.425. The maximum atomic E-state index is 14.0. The summed E-state index contributed by atoms with van der Waals surface area (Å²) in [5.41, 5.74) is 0.222. The second-order valence-electron chi connectivity index (χ2n) is 4.17. The number of furan rings is 1. The number of hydrogen-bond acceptors (Lipinski definition) is 2. The molecule has 1 atom stereocenters. The average Bonchev–Trinajstić information content (AvgIpc) is 2.85. The van der Waals surface area contributed by atoms with Crippen LogP contribution in [0.2, 0.25) is 0 Å². The predicted octanol–water partition coefficient (Wildman–Crippen LogP) is 4.19. The Hall–Kier alpha value is -1.20. The highest BCUT2D eigenvalue weighted by Crippen LogP contribution is 2.29. The first kappa shape index (κ1) is 14.2. The van der Waals surface area contributed by atoms with Gasteiger partial charge in [0.1, 0.15) is 23.2 Å². The molecule has 5 heteroatoms. The zero-order valence-electron chi connectivity index (χ0n) is 10.6. The Kier molecular flexibility index (Phi) is 4.37. The largest absolute Gasteiger partial charge is 0.464 e. The third kappa shape index (κ3) is 2.87. The van der Waals surface area contributed by atoms with Crippen LogP contribution >= 0.6 is 15.9 Å². The Labute approximate surface area is 118 Å². The first-order valence-corrected chi connectivity index (χ1v) is 6.76. The van der Waals surface area contributed by atoms with Gasteiger partial charge in [-0.2, -0.15) is 0 Å². The van der Waals surface area contributed by atoms with Crippen molar-refractivity contribution in [1.82, 2.24) is 5.32 Å². The van der Waals surface area contributed by atoms with Crippen LogP contribution in [0.3, 0.4) is 0 Å². The van der Waals surface area contributed by atoms with Gasteiger partial charge in [0.2, 0.25) is 0 Å². The van der Waals surface area contributed by atoms with Crippen molar-refractivity contribution in [2.24, 2.45) is 0 Å². The molecule has 1 aromatic heterocycles. The molecule has 0 spiro atoms. The van der Waals surface area contributed by atoms with Crippen LogP contribution in [-0.4, -0.2) is 7.05 Å². The number of halogens is 3. The Bertz CT molecular complexity index is 583. The molecular weight excluding hydrogens is 316 g/mol. The molecule has 0 aliphatic rings. The Morgan fingerprint density at radius 1 is 1.26 bits per heavy atom. The Morgan fingerprint density at radius 2 is 2.00 bits per heavy atom. The standard InChI is InChI=1S/C14H14BrF2NO/c1-3-8-4-5-13(19-8)14(18-2)9-6-12(17)10(15)7-11(9)16/h4-7,14,18H,3H2,1-2H3. The van der Waals surface area contributed by atoms with Gasteiger partial charge in [-0.25, -0.2) is 8.78 Å². The summed E-state index contributed by atoms with van der Waals surface area (Å²) in [4.78, 5) is 0. The number of aryl methyl sites for hydroxylation is 1. The van der Waals surface area contributed by atoms with Gasteiger partial charge in [0.25, 0.3) is 0 Å². The van der Waals surface area contributed by atoms with E-state index in [0.29, 0.717) is 5.76 Å². The summed E-state index contributed by atoms with van der Waals surface area (Å²) in [6, 6.07) is 5.41. The zero-order chi connectivity index (χ0) is 14.0. The molecule has 102 valence electrons. The minimum atomic E-state index is -0.511. The molecule has 0 fully saturated rings. The molecule has 19 heavy (non-hydrogen) atoms. The molecule has 1 heterocycles. The van der Waals surface area contributed by atoms with Crippen LogP contribution in [0.25, 0.3) is 0 Å². The zero-order valence-corrected chi connectivity index (χ0v) is 12.2. The normalized spacial score (nSPS) is 12.7. The van der Waals surface area contributed by atoms with Crippen LogP contribution in [0, 0.1) is 11.6 Å². The number of hydrogen-bond donors (Lipinski definition) is 1. The van der Waals surface area contributed by atoms with Crippen molar-refractivity contribution >= 4 is 15.9 Å². The SMILES string of the molecule is CCc1ccc(C(NC)c2cc(F)c(Br)cc2F)o1. The van der Waals surface area contributed by atoms with E-state index in [2.05, 4.69) is 21.2 Å². The summed E-state index contributed by atoms with van der Waals surface area (Å²) in [6.45, 7) is 1.97. The van der Waals surface area contributed by atoms with E-state index in [0.717, 1.165) is 18.2 Å². The van der Waals surface area contributed by atoms with Crippen molar-refractivity contribution in [1.29, 1.82) is 0 Å². The molecule has 0 saturated carbocycles. The minimum absolute atomic E-state index is 0.109. The smallest absolute Gasteiger partial charge is 0.137 e. The van der Waals surface area contributed by atoms with E-state index in [4.69, 9.17) is 4.42 Å². The highest BCUT2D eigenvalue weighted by molar-refractivity contribution is 9.10. The summed E-state index contributed by atoms with van der Waals surface area (Å²) < 4.78 is 33.2. The summed E-state index contributed by atoms with van der Waals surface area (Å²) in [5.74, 6) is 0.397. The van der Waals surface area contributed by atoms with Crippen molar-refractivity contribution < 1.29 is 13.2 Å². The van der Waals surface area contributed by atoms with Gasteiger partial charge in [0.05, 0.1) is 10.5 Å². The lowest BCUT2D eigenvalue weighted by atomic mass is 10.0. The van der Waals surface area contributed by atoms with Crippen molar-refractivity contribution in [3.05, 3.63) is 57.5 Å². The molecule has 0 bridgehead atoms. The fourth-order valence-corrected chi connectivity index (χ4v) is 2.27. The maximum absolute atomic E-state index is 14.0.